The average Bonchev–Trinajstić information content (AvgIpc) is 2.94. The molecule has 1 unspecified atom stereocenters. The van der Waals surface area contributed by atoms with Crippen LogP contribution in [0.2, 0.25) is 0 Å². The molecule has 1 fully saturated rings. The van der Waals surface area contributed by atoms with Gasteiger partial charge >= 0.3 is 0 Å². The highest BCUT2D eigenvalue weighted by molar-refractivity contribution is 7.92. The monoisotopic (exact) mass is 327 g/mol. The molecular formula is C10H14ClNO5S2. The minimum absolute atomic E-state index is 0.0165. The lowest BCUT2D eigenvalue weighted by Gasteiger charge is -2.21. The van der Waals surface area contributed by atoms with E-state index >= 15 is 0 Å². The van der Waals surface area contributed by atoms with E-state index in [9.17, 15) is 16.8 Å². The van der Waals surface area contributed by atoms with Crippen LogP contribution in [0, 0.1) is 0 Å². The van der Waals surface area contributed by atoms with Crippen molar-refractivity contribution in [1.82, 2.24) is 4.31 Å². The van der Waals surface area contributed by atoms with Gasteiger partial charge in [0.1, 0.15) is 5.76 Å². The number of alkyl halides is 1. The van der Waals surface area contributed by atoms with Crippen LogP contribution in [-0.2, 0) is 25.7 Å². The van der Waals surface area contributed by atoms with Gasteiger partial charge in [-0.2, -0.15) is 4.31 Å². The van der Waals surface area contributed by atoms with Gasteiger partial charge in [-0.3, -0.25) is 0 Å². The van der Waals surface area contributed by atoms with Crippen LogP contribution in [0.5, 0.6) is 0 Å². The van der Waals surface area contributed by atoms with Gasteiger partial charge in [0.05, 0.1) is 17.4 Å². The zero-order valence-electron chi connectivity index (χ0n) is 10.2. The van der Waals surface area contributed by atoms with Gasteiger partial charge in [0.2, 0.25) is 5.09 Å². The van der Waals surface area contributed by atoms with E-state index in [2.05, 4.69) is 0 Å². The second kappa shape index (κ2) is 5.08. The summed E-state index contributed by atoms with van der Waals surface area (Å²) in [5.74, 6) is 0.304. The van der Waals surface area contributed by atoms with E-state index in [-0.39, 0.29) is 22.5 Å². The summed E-state index contributed by atoms with van der Waals surface area (Å²) in [6, 6.07) is 2.27. The Labute approximate surface area is 117 Å². The Morgan fingerprint density at radius 1 is 1.47 bits per heavy atom. The topological polar surface area (TPSA) is 84.7 Å². The van der Waals surface area contributed by atoms with Crippen molar-refractivity contribution in [1.29, 1.82) is 0 Å². The van der Waals surface area contributed by atoms with E-state index < -0.39 is 25.9 Å². The van der Waals surface area contributed by atoms with E-state index in [1.165, 1.54) is 19.2 Å². The lowest BCUT2D eigenvalue weighted by Crippen LogP contribution is -2.37. The highest BCUT2D eigenvalue weighted by Crippen LogP contribution is 2.24. The zero-order valence-corrected chi connectivity index (χ0v) is 12.6. The molecule has 0 amide bonds. The van der Waals surface area contributed by atoms with E-state index in [4.69, 9.17) is 16.0 Å². The fraction of sp³-hybridized carbons (Fsp3) is 0.600. The predicted octanol–water partition coefficient (Wildman–Crippen LogP) is 0.826. The van der Waals surface area contributed by atoms with Crippen molar-refractivity contribution in [2.75, 3.05) is 18.6 Å². The van der Waals surface area contributed by atoms with Gasteiger partial charge in [-0.15, -0.1) is 11.6 Å². The van der Waals surface area contributed by atoms with Crippen molar-refractivity contribution < 1.29 is 21.3 Å². The third kappa shape index (κ3) is 2.96. The quantitative estimate of drug-likeness (QED) is 0.765. The summed E-state index contributed by atoms with van der Waals surface area (Å²) in [5, 5.41) is -0.213. The summed E-state index contributed by atoms with van der Waals surface area (Å²) < 4.78 is 53.5. The number of halogens is 1. The number of hydrogen-bond acceptors (Lipinski definition) is 5. The van der Waals surface area contributed by atoms with Crippen LogP contribution in [0.15, 0.2) is 21.6 Å². The van der Waals surface area contributed by atoms with E-state index in [0.717, 1.165) is 4.31 Å². The molecule has 1 aliphatic rings. The maximum atomic E-state index is 12.3. The normalized spacial score (nSPS) is 23.0. The molecule has 0 aliphatic carbocycles. The Morgan fingerprint density at radius 2 is 2.16 bits per heavy atom. The Bertz CT molecular complexity index is 664. The van der Waals surface area contributed by atoms with E-state index in [1.807, 2.05) is 0 Å². The van der Waals surface area contributed by atoms with Crippen LogP contribution >= 0.6 is 11.6 Å². The molecular weight excluding hydrogens is 314 g/mol. The van der Waals surface area contributed by atoms with Gasteiger partial charge in [-0.1, -0.05) is 0 Å². The van der Waals surface area contributed by atoms with Crippen LogP contribution in [0.25, 0.3) is 0 Å². The number of sulfonamides is 1. The van der Waals surface area contributed by atoms with Crippen molar-refractivity contribution in [3.8, 4) is 0 Å². The second-order valence-electron chi connectivity index (χ2n) is 4.43. The Hall–Kier alpha value is -0.570. The molecule has 0 radical (unpaired) electrons. The van der Waals surface area contributed by atoms with Crippen LogP contribution in [-0.4, -0.2) is 45.7 Å². The number of hydrogen-bond donors (Lipinski definition) is 0. The van der Waals surface area contributed by atoms with Crippen molar-refractivity contribution in [2.24, 2.45) is 0 Å². The molecule has 0 N–H and O–H groups in total. The molecule has 1 saturated heterocycles. The van der Waals surface area contributed by atoms with E-state index in [0.29, 0.717) is 12.2 Å². The Balaban J connectivity index is 2.25. The fourth-order valence-corrected chi connectivity index (χ4v) is 5.29. The van der Waals surface area contributed by atoms with Gasteiger partial charge < -0.3 is 4.42 Å². The van der Waals surface area contributed by atoms with Crippen LogP contribution in [0.1, 0.15) is 12.2 Å². The number of furan rings is 1. The second-order valence-corrected chi connectivity index (χ2v) is 8.86. The maximum absolute atomic E-state index is 12.3. The summed E-state index contributed by atoms with van der Waals surface area (Å²) in [7, 11) is -5.59. The number of nitrogens with zero attached hydrogens (tertiary/aromatic N) is 1. The molecule has 0 saturated carbocycles. The lowest BCUT2D eigenvalue weighted by atomic mass is 10.3. The van der Waals surface area contributed by atoms with Crippen LogP contribution < -0.4 is 0 Å². The third-order valence-corrected chi connectivity index (χ3v) is 6.92. The van der Waals surface area contributed by atoms with Crippen molar-refractivity contribution in [2.45, 2.75) is 23.4 Å². The van der Waals surface area contributed by atoms with Gasteiger partial charge in [0, 0.05) is 13.1 Å². The first kappa shape index (κ1) is 14.8. The molecule has 19 heavy (non-hydrogen) atoms. The largest absolute Gasteiger partial charge is 0.447 e. The summed E-state index contributed by atoms with van der Waals surface area (Å²) in [5.41, 5.74) is 0. The lowest BCUT2D eigenvalue weighted by molar-refractivity contribution is 0.361. The fourth-order valence-electron chi connectivity index (χ4n) is 1.97. The molecule has 1 aromatic rings. The van der Waals surface area contributed by atoms with Crippen molar-refractivity contribution >= 4 is 31.5 Å². The molecule has 108 valence electrons. The summed E-state index contributed by atoms with van der Waals surface area (Å²) in [6.45, 7) is 0. The highest BCUT2D eigenvalue weighted by Gasteiger charge is 2.37. The van der Waals surface area contributed by atoms with Gasteiger partial charge in [0.25, 0.3) is 10.0 Å². The van der Waals surface area contributed by atoms with Gasteiger partial charge in [-0.25, -0.2) is 16.8 Å². The van der Waals surface area contributed by atoms with Crippen molar-refractivity contribution in [3.63, 3.8) is 0 Å². The number of rotatable bonds is 4. The molecule has 0 bridgehead atoms. The predicted molar refractivity (Wildman–Crippen MR) is 70.3 cm³/mol. The molecule has 2 heterocycles. The minimum atomic E-state index is -3.82. The molecule has 1 aliphatic heterocycles. The smallest absolute Gasteiger partial charge is 0.276 e. The minimum Gasteiger partial charge on any atom is -0.447 e. The molecule has 2 rings (SSSR count). The van der Waals surface area contributed by atoms with E-state index in [1.54, 1.807) is 0 Å². The first-order valence-electron chi connectivity index (χ1n) is 5.59. The molecule has 1 aromatic heterocycles. The molecule has 0 aromatic carbocycles. The Morgan fingerprint density at radius 3 is 2.63 bits per heavy atom. The first-order chi connectivity index (χ1) is 8.76. The Kier molecular flexibility index (Phi) is 3.97. The highest BCUT2D eigenvalue weighted by atomic mass is 35.5. The first-order valence-corrected chi connectivity index (χ1v) is 9.39. The standard InChI is InChI=1S/C10H14ClNO5S2/c1-12(8-4-5-18(13,14)7-8)19(15,16)10-3-2-9(6-11)17-10/h2-3,8H,4-7H2,1H3. The zero-order chi connectivity index (χ0) is 14.3. The van der Waals surface area contributed by atoms with Gasteiger partial charge in [0.15, 0.2) is 9.84 Å². The van der Waals surface area contributed by atoms with Gasteiger partial charge in [-0.05, 0) is 18.6 Å². The summed E-state index contributed by atoms with van der Waals surface area (Å²) in [4.78, 5) is 0. The maximum Gasteiger partial charge on any atom is 0.276 e. The van der Waals surface area contributed by atoms with Crippen LogP contribution in [0.3, 0.4) is 0 Å². The molecule has 6 nitrogen and oxygen atoms in total. The average molecular weight is 328 g/mol. The molecule has 0 spiro atoms. The van der Waals surface area contributed by atoms with Crippen LogP contribution in [0.4, 0.5) is 0 Å². The summed E-state index contributed by atoms with van der Waals surface area (Å²) >= 11 is 5.55. The number of sulfone groups is 1. The third-order valence-electron chi connectivity index (χ3n) is 3.12. The van der Waals surface area contributed by atoms with Crippen molar-refractivity contribution in [3.05, 3.63) is 17.9 Å². The molecule has 9 heteroatoms. The SMILES string of the molecule is CN(C1CCS(=O)(=O)C1)S(=O)(=O)c1ccc(CCl)o1. The molecule has 1 atom stereocenters. The summed E-state index contributed by atoms with van der Waals surface area (Å²) in [6.07, 6.45) is 0.307.